The number of ether oxygens (including phenoxy) is 3. The van der Waals surface area contributed by atoms with E-state index in [1.807, 2.05) is 47.6 Å². The lowest BCUT2D eigenvalue weighted by Crippen LogP contribution is -2.21. The second-order valence-corrected chi connectivity index (χ2v) is 13.2. The van der Waals surface area contributed by atoms with Gasteiger partial charge in [0.05, 0.1) is 31.1 Å². The normalized spacial score (nSPS) is 10.9. The van der Waals surface area contributed by atoms with Crippen LogP contribution in [0.3, 0.4) is 0 Å². The zero-order valence-electron chi connectivity index (χ0n) is 32.9. The van der Waals surface area contributed by atoms with Crippen molar-refractivity contribution >= 4 is 45.6 Å². The van der Waals surface area contributed by atoms with Crippen molar-refractivity contribution in [2.45, 2.75) is 81.3 Å². The molecule has 0 aliphatic carbocycles. The number of benzene rings is 1. The number of fused-ring (bicyclic) bond motifs is 2. The highest BCUT2D eigenvalue weighted by Crippen LogP contribution is 2.24. The number of hydrogen-bond acceptors (Lipinski definition) is 11. The van der Waals surface area contributed by atoms with Crippen LogP contribution in [-0.2, 0) is 40.2 Å². The fourth-order valence-corrected chi connectivity index (χ4v) is 5.91. The summed E-state index contributed by atoms with van der Waals surface area (Å²) in [5.74, 6) is -0.771. The first-order valence-corrected chi connectivity index (χ1v) is 18.3. The summed E-state index contributed by atoms with van der Waals surface area (Å²) >= 11 is 0. The van der Waals surface area contributed by atoms with E-state index >= 15 is 0 Å². The van der Waals surface area contributed by atoms with E-state index in [0.717, 1.165) is 11.1 Å². The van der Waals surface area contributed by atoms with Crippen LogP contribution in [-0.4, -0.2) is 62.9 Å². The van der Waals surface area contributed by atoms with Gasteiger partial charge in [-0.1, -0.05) is 13.8 Å². The molecule has 0 saturated heterocycles. The second kappa shape index (κ2) is 18.4. The number of esters is 2. The molecular weight excluding hydrogens is 704 g/mol. The summed E-state index contributed by atoms with van der Waals surface area (Å²) in [4.78, 5) is 83.4. The lowest BCUT2D eigenvalue weighted by molar-refractivity contribution is -0.121. The van der Waals surface area contributed by atoms with Crippen LogP contribution in [0.25, 0.3) is 22.1 Å². The molecule has 0 unspecified atom stereocenters. The predicted molar refractivity (Wildman–Crippen MR) is 209 cm³/mol. The summed E-state index contributed by atoms with van der Waals surface area (Å²) in [5.41, 5.74) is 3.78. The molecule has 0 N–H and O–H groups in total. The number of methoxy groups -OCH3 is 1. The number of nitrogens with zero attached hydrogens (tertiary/aromatic N) is 4. The highest BCUT2D eigenvalue weighted by molar-refractivity contribution is 5.99. The third-order valence-electron chi connectivity index (χ3n) is 9.16. The minimum atomic E-state index is -0.666. The van der Waals surface area contributed by atoms with E-state index in [2.05, 4.69) is 9.97 Å². The molecule has 290 valence electrons. The van der Waals surface area contributed by atoms with Gasteiger partial charge in [-0.3, -0.25) is 19.2 Å². The van der Waals surface area contributed by atoms with Crippen LogP contribution >= 0.6 is 0 Å². The molecule has 5 rings (SSSR count). The fourth-order valence-electron chi connectivity index (χ4n) is 5.91. The number of Topliss-reactive ketones (excluding diaryl/α,β-unsaturated/α-hetero) is 2. The van der Waals surface area contributed by atoms with Crippen molar-refractivity contribution in [2.24, 2.45) is 5.92 Å². The highest BCUT2D eigenvalue weighted by Gasteiger charge is 2.20. The number of pyridine rings is 4. The Morgan fingerprint density at radius 2 is 1.18 bits per heavy atom. The summed E-state index contributed by atoms with van der Waals surface area (Å²) in [6.45, 7) is 16.2. The Kier molecular flexibility index (Phi) is 14.0. The van der Waals surface area contributed by atoms with Gasteiger partial charge in [-0.15, -0.1) is 0 Å². The molecule has 4 heterocycles. The standard InChI is InChI=1S/C24H26N2O5.C18H22N2O4/c1-6-26-13-19(24(29)31-7-2)22(28)18-9-16(12-25-23(18)26)10-20(27)17-8-14(3)15(4)21(11-17)30-5;1-5-20-10-14(18(23)24-6-2)16(22)13-7-12(9-19-17(13)20)8-15(21)11(3)4/h8-9,11-13H,6-7,10H2,1-5H3;7,9-11H,5-6,8H2,1-4H3. The molecule has 0 spiro atoms. The lowest BCUT2D eigenvalue weighted by Gasteiger charge is -2.12. The number of hydrogen-bond donors (Lipinski definition) is 0. The largest absolute Gasteiger partial charge is 0.496 e. The molecule has 0 amide bonds. The Bertz CT molecular complexity index is 2390. The van der Waals surface area contributed by atoms with Gasteiger partial charge >= 0.3 is 11.9 Å². The second-order valence-electron chi connectivity index (χ2n) is 13.2. The molecule has 0 bridgehead atoms. The van der Waals surface area contributed by atoms with Crippen molar-refractivity contribution in [3.8, 4) is 5.75 Å². The Hall–Kier alpha value is -5.98. The van der Waals surface area contributed by atoms with Gasteiger partial charge in [0.25, 0.3) is 0 Å². The number of carbonyl (C=O) groups excluding carboxylic acids is 4. The zero-order chi connectivity index (χ0) is 40.6. The first kappa shape index (κ1) is 41.8. The number of carbonyl (C=O) groups is 4. The smallest absolute Gasteiger partial charge is 0.343 e. The molecule has 0 aliphatic rings. The minimum Gasteiger partial charge on any atom is -0.496 e. The third-order valence-corrected chi connectivity index (χ3v) is 9.16. The number of aromatic nitrogens is 4. The van der Waals surface area contributed by atoms with Crippen LogP contribution in [0, 0.1) is 19.8 Å². The van der Waals surface area contributed by atoms with Crippen LogP contribution in [0.4, 0.5) is 0 Å². The van der Waals surface area contributed by atoms with Gasteiger partial charge in [0.2, 0.25) is 10.9 Å². The fraction of sp³-hybridized carbons (Fsp3) is 0.381. The molecule has 0 fully saturated rings. The van der Waals surface area contributed by atoms with E-state index in [9.17, 15) is 28.8 Å². The Labute approximate surface area is 319 Å². The van der Waals surface area contributed by atoms with Gasteiger partial charge in [0.1, 0.15) is 34.0 Å². The topological polar surface area (TPSA) is 166 Å². The molecule has 55 heavy (non-hydrogen) atoms. The maximum Gasteiger partial charge on any atom is 0.343 e. The first-order valence-electron chi connectivity index (χ1n) is 18.3. The Balaban J connectivity index is 0.000000253. The van der Waals surface area contributed by atoms with Gasteiger partial charge in [0, 0.05) is 62.2 Å². The molecule has 4 aromatic heterocycles. The Morgan fingerprint density at radius 3 is 1.60 bits per heavy atom. The third kappa shape index (κ3) is 9.40. The van der Waals surface area contributed by atoms with Gasteiger partial charge in [-0.2, -0.15) is 0 Å². The summed E-state index contributed by atoms with van der Waals surface area (Å²) in [5, 5.41) is 0.617. The van der Waals surface area contributed by atoms with Gasteiger partial charge < -0.3 is 23.3 Å². The Morgan fingerprint density at radius 1 is 0.709 bits per heavy atom. The van der Waals surface area contributed by atoms with Crippen molar-refractivity contribution in [3.05, 3.63) is 108 Å². The van der Waals surface area contributed by atoms with E-state index in [0.29, 0.717) is 52.2 Å². The number of aryl methyl sites for hydroxylation is 3. The van der Waals surface area contributed by atoms with Crippen LogP contribution in [0.15, 0.2) is 58.6 Å². The van der Waals surface area contributed by atoms with Crippen LogP contribution in [0.1, 0.15) is 94.9 Å². The summed E-state index contributed by atoms with van der Waals surface area (Å²) in [6.07, 6.45) is 6.45. The van der Waals surface area contributed by atoms with Crippen molar-refractivity contribution in [3.63, 3.8) is 0 Å². The van der Waals surface area contributed by atoms with Crippen LogP contribution in [0.2, 0.25) is 0 Å². The molecule has 0 radical (unpaired) electrons. The predicted octanol–water partition coefficient (Wildman–Crippen LogP) is 6.00. The maximum absolute atomic E-state index is 12.9. The van der Waals surface area contributed by atoms with E-state index in [1.54, 1.807) is 60.7 Å². The summed E-state index contributed by atoms with van der Waals surface area (Å²) in [7, 11) is 1.57. The molecule has 13 nitrogen and oxygen atoms in total. The minimum absolute atomic E-state index is 0.0136. The maximum atomic E-state index is 12.9. The van der Waals surface area contributed by atoms with Crippen molar-refractivity contribution in [1.29, 1.82) is 0 Å². The van der Waals surface area contributed by atoms with E-state index in [1.165, 1.54) is 12.4 Å². The van der Waals surface area contributed by atoms with E-state index in [4.69, 9.17) is 14.2 Å². The number of rotatable bonds is 13. The molecule has 13 heteroatoms. The van der Waals surface area contributed by atoms with Crippen LogP contribution in [0.5, 0.6) is 5.75 Å². The molecule has 5 aromatic rings. The monoisotopic (exact) mass is 752 g/mol. The quantitative estimate of drug-likeness (QED) is 0.102. The zero-order valence-corrected chi connectivity index (χ0v) is 32.9. The molecular formula is C42H48N4O9. The SMILES string of the molecule is CCOC(=O)c1cn(CC)c2ncc(CC(=O)C(C)C)cc2c1=O.CCOC(=O)c1cn(CC)c2ncc(CC(=O)c3cc(C)c(C)c(OC)c3)cc2c1=O. The van der Waals surface area contributed by atoms with E-state index < -0.39 is 22.8 Å². The molecule has 0 saturated carbocycles. The van der Waals surface area contributed by atoms with Crippen molar-refractivity contribution in [1.82, 2.24) is 19.1 Å². The van der Waals surface area contributed by atoms with Crippen LogP contribution < -0.4 is 15.6 Å². The van der Waals surface area contributed by atoms with Gasteiger partial charge in [-0.25, -0.2) is 19.6 Å². The van der Waals surface area contributed by atoms with Gasteiger partial charge in [-0.05, 0) is 88.1 Å². The molecule has 0 atom stereocenters. The molecule has 0 aliphatic heterocycles. The van der Waals surface area contributed by atoms with E-state index in [-0.39, 0.29) is 60.1 Å². The molecule has 1 aromatic carbocycles. The first-order chi connectivity index (χ1) is 26.2. The number of ketones is 2. The van der Waals surface area contributed by atoms with Crippen molar-refractivity contribution in [2.75, 3.05) is 20.3 Å². The average molecular weight is 753 g/mol. The lowest BCUT2D eigenvalue weighted by atomic mass is 9.98. The highest BCUT2D eigenvalue weighted by atomic mass is 16.5. The summed E-state index contributed by atoms with van der Waals surface area (Å²) in [6, 6.07) is 6.84. The summed E-state index contributed by atoms with van der Waals surface area (Å²) < 4.78 is 18.8. The van der Waals surface area contributed by atoms with Crippen molar-refractivity contribution < 1.29 is 33.4 Å². The average Bonchev–Trinajstić information content (AvgIpc) is 3.16. The van der Waals surface area contributed by atoms with Gasteiger partial charge in [0.15, 0.2) is 5.78 Å².